The fourth-order valence-corrected chi connectivity index (χ4v) is 3.81. The molecule has 0 aromatic carbocycles. The third-order valence-electron chi connectivity index (χ3n) is 4.63. The molecule has 106 valence electrons. The van der Waals surface area contributed by atoms with Gasteiger partial charge < -0.3 is 5.32 Å². The van der Waals surface area contributed by atoms with Gasteiger partial charge in [0.05, 0.1) is 0 Å². The number of nitrogens with zero attached hydrogens (tertiary/aromatic N) is 1. The molecule has 1 aromatic rings. The Morgan fingerprint density at radius 2 is 2.16 bits per heavy atom. The van der Waals surface area contributed by atoms with Crippen molar-refractivity contribution < 1.29 is 0 Å². The van der Waals surface area contributed by atoms with Crippen molar-refractivity contribution in [2.45, 2.75) is 64.2 Å². The van der Waals surface area contributed by atoms with E-state index in [1.165, 1.54) is 37.1 Å². The molecular weight excluding hydrogens is 252 g/mol. The molecule has 2 atom stereocenters. The van der Waals surface area contributed by atoms with Gasteiger partial charge in [-0.25, -0.2) is 0 Å². The molecule has 1 N–H and O–H groups in total. The highest BCUT2D eigenvalue weighted by Crippen LogP contribution is 2.35. The van der Waals surface area contributed by atoms with Crippen LogP contribution in [-0.4, -0.2) is 29.6 Å². The maximum atomic E-state index is 3.72. The van der Waals surface area contributed by atoms with Gasteiger partial charge >= 0.3 is 0 Å². The van der Waals surface area contributed by atoms with E-state index >= 15 is 0 Å². The van der Waals surface area contributed by atoms with Gasteiger partial charge in [-0.2, -0.15) is 0 Å². The number of nitrogens with one attached hydrogen (secondary N) is 1. The van der Waals surface area contributed by atoms with E-state index in [9.17, 15) is 0 Å². The Morgan fingerprint density at radius 1 is 1.32 bits per heavy atom. The second kappa shape index (κ2) is 5.94. The van der Waals surface area contributed by atoms with Gasteiger partial charge in [0.25, 0.3) is 0 Å². The van der Waals surface area contributed by atoms with Crippen molar-refractivity contribution in [3.63, 3.8) is 0 Å². The summed E-state index contributed by atoms with van der Waals surface area (Å²) in [5, 5.41) is 5.91. The van der Waals surface area contributed by atoms with E-state index in [1.807, 2.05) is 11.3 Å². The SMILES string of the molecule is CC(C)N(Cc1cccs1)C1CCC1CNC1CC1. The third kappa shape index (κ3) is 3.39. The van der Waals surface area contributed by atoms with E-state index in [1.54, 1.807) is 0 Å². The molecule has 3 rings (SSSR count). The Hall–Kier alpha value is -0.380. The second-order valence-electron chi connectivity index (χ2n) is 6.43. The van der Waals surface area contributed by atoms with Crippen LogP contribution in [0.3, 0.4) is 0 Å². The van der Waals surface area contributed by atoms with Gasteiger partial charge in [0, 0.05) is 29.5 Å². The first-order valence-electron chi connectivity index (χ1n) is 7.75. The van der Waals surface area contributed by atoms with Crippen LogP contribution in [0.15, 0.2) is 17.5 Å². The van der Waals surface area contributed by atoms with Crippen LogP contribution in [0.25, 0.3) is 0 Å². The maximum absolute atomic E-state index is 3.72. The van der Waals surface area contributed by atoms with Gasteiger partial charge in [-0.3, -0.25) is 4.90 Å². The molecule has 0 amide bonds. The Kier molecular flexibility index (Phi) is 4.25. The van der Waals surface area contributed by atoms with E-state index in [0.717, 1.165) is 24.5 Å². The Labute approximate surface area is 121 Å². The fraction of sp³-hybridized carbons (Fsp3) is 0.750. The summed E-state index contributed by atoms with van der Waals surface area (Å²) >= 11 is 1.89. The Bertz CT molecular complexity index is 383. The topological polar surface area (TPSA) is 15.3 Å². The summed E-state index contributed by atoms with van der Waals surface area (Å²) in [6.45, 7) is 7.07. The van der Waals surface area contributed by atoms with Crippen LogP contribution >= 0.6 is 11.3 Å². The molecule has 0 radical (unpaired) electrons. The minimum atomic E-state index is 0.649. The first-order chi connectivity index (χ1) is 9.24. The lowest BCUT2D eigenvalue weighted by atomic mass is 9.77. The van der Waals surface area contributed by atoms with Crippen LogP contribution in [-0.2, 0) is 6.54 Å². The molecule has 2 saturated carbocycles. The monoisotopic (exact) mass is 278 g/mol. The van der Waals surface area contributed by atoms with E-state index in [-0.39, 0.29) is 0 Å². The van der Waals surface area contributed by atoms with Gasteiger partial charge in [0.1, 0.15) is 0 Å². The lowest BCUT2D eigenvalue weighted by Crippen LogP contribution is -2.52. The minimum Gasteiger partial charge on any atom is -0.314 e. The lowest BCUT2D eigenvalue weighted by molar-refractivity contribution is 0.0318. The van der Waals surface area contributed by atoms with Crippen molar-refractivity contribution in [3.05, 3.63) is 22.4 Å². The normalized spacial score (nSPS) is 26.9. The molecule has 2 fully saturated rings. The van der Waals surface area contributed by atoms with Crippen LogP contribution < -0.4 is 5.32 Å². The zero-order valence-corrected chi connectivity index (χ0v) is 13.0. The molecule has 0 spiro atoms. The van der Waals surface area contributed by atoms with Crippen molar-refractivity contribution in [3.8, 4) is 0 Å². The third-order valence-corrected chi connectivity index (χ3v) is 5.49. The number of rotatable bonds is 7. The molecule has 0 aliphatic heterocycles. The zero-order chi connectivity index (χ0) is 13.2. The molecule has 0 bridgehead atoms. The second-order valence-corrected chi connectivity index (χ2v) is 7.46. The van der Waals surface area contributed by atoms with Crippen LogP contribution in [0.1, 0.15) is 44.4 Å². The highest BCUT2D eigenvalue weighted by molar-refractivity contribution is 7.09. The van der Waals surface area contributed by atoms with Gasteiger partial charge in [0.2, 0.25) is 0 Å². The number of thiophene rings is 1. The molecule has 2 nitrogen and oxygen atoms in total. The molecular formula is C16H26N2S. The number of hydrogen-bond acceptors (Lipinski definition) is 3. The first kappa shape index (κ1) is 13.6. The van der Waals surface area contributed by atoms with E-state index < -0.39 is 0 Å². The highest BCUT2D eigenvalue weighted by atomic mass is 32.1. The van der Waals surface area contributed by atoms with E-state index in [2.05, 4.69) is 41.6 Å². The van der Waals surface area contributed by atoms with Gasteiger partial charge in [-0.1, -0.05) is 6.07 Å². The molecule has 1 aromatic heterocycles. The largest absolute Gasteiger partial charge is 0.314 e. The molecule has 0 saturated heterocycles. The van der Waals surface area contributed by atoms with Crippen LogP contribution in [0.5, 0.6) is 0 Å². The summed E-state index contributed by atoms with van der Waals surface area (Å²) in [6.07, 6.45) is 5.61. The van der Waals surface area contributed by atoms with Crippen molar-refractivity contribution in [1.29, 1.82) is 0 Å². The Balaban J connectivity index is 1.56. The van der Waals surface area contributed by atoms with Gasteiger partial charge in [-0.15, -0.1) is 11.3 Å². The van der Waals surface area contributed by atoms with Crippen molar-refractivity contribution in [1.82, 2.24) is 10.2 Å². The summed E-state index contributed by atoms with van der Waals surface area (Å²) in [5.41, 5.74) is 0. The summed E-state index contributed by atoms with van der Waals surface area (Å²) in [5.74, 6) is 0.878. The summed E-state index contributed by atoms with van der Waals surface area (Å²) in [6, 6.07) is 6.75. The lowest BCUT2D eigenvalue weighted by Gasteiger charge is -2.46. The fourth-order valence-electron chi connectivity index (χ4n) is 3.10. The summed E-state index contributed by atoms with van der Waals surface area (Å²) in [4.78, 5) is 4.23. The van der Waals surface area contributed by atoms with Crippen molar-refractivity contribution in [2.24, 2.45) is 5.92 Å². The van der Waals surface area contributed by atoms with E-state index in [0.29, 0.717) is 6.04 Å². The maximum Gasteiger partial charge on any atom is 0.0333 e. The average Bonchev–Trinajstić information content (AvgIpc) is 3.02. The number of hydrogen-bond donors (Lipinski definition) is 1. The molecule has 19 heavy (non-hydrogen) atoms. The van der Waals surface area contributed by atoms with Crippen molar-refractivity contribution >= 4 is 11.3 Å². The van der Waals surface area contributed by atoms with Gasteiger partial charge in [0.15, 0.2) is 0 Å². The first-order valence-corrected chi connectivity index (χ1v) is 8.63. The average molecular weight is 278 g/mol. The molecule has 2 aliphatic rings. The molecule has 1 heterocycles. The molecule has 3 heteroatoms. The predicted molar refractivity (Wildman–Crippen MR) is 82.5 cm³/mol. The smallest absolute Gasteiger partial charge is 0.0333 e. The van der Waals surface area contributed by atoms with Crippen LogP contribution in [0.4, 0.5) is 0 Å². The molecule has 2 aliphatic carbocycles. The standard InChI is InChI=1S/C16H26N2S/c1-12(2)18(11-15-4-3-9-19-15)16-8-5-13(16)10-17-14-6-7-14/h3-4,9,12-14,16-17H,5-8,10-11H2,1-2H3. The summed E-state index contributed by atoms with van der Waals surface area (Å²) < 4.78 is 0. The quantitative estimate of drug-likeness (QED) is 0.821. The van der Waals surface area contributed by atoms with Crippen LogP contribution in [0.2, 0.25) is 0 Å². The van der Waals surface area contributed by atoms with Gasteiger partial charge in [-0.05, 0) is 63.4 Å². The minimum absolute atomic E-state index is 0.649. The predicted octanol–water partition coefficient (Wildman–Crippen LogP) is 3.49. The van der Waals surface area contributed by atoms with Crippen LogP contribution in [0, 0.1) is 5.92 Å². The Morgan fingerprint density at radius 3 is 2.68 bits per heavy atom. The summed E-state index contributed by atoms with van der Waals surface area (Å²) in [7, 11) is 0. The highest BCUT2D eigenvalue weighted by Gasteiger charge is 2.37. The zero-order valence-electron chi connectivity index (χ0n) is 12.1. The molecule has 2 unspecified atom stereocenters. The van der Waals surface area contributed by atoms with E-state index in [4.69, 9.17) is 0 Å². The van der Waals surface area contributed by atoms with Crippen molar-refractivity contribution in [2.75, 3.05) is 6.54 Å².